The topological polar surface area (TPSA) is 75.6 Å². The molecule has 1 unspecified atom stereocenters. The highest BCUT2D eigenvalue weighted by Gasteiger charge is 2.14. The minimum Gasteiger partial charge on any atom is -0.479 e. The molecule has 6 heteroatoms. The summed E-state index contributed by atoms with van der Waals surface area (Å²) in [5.41, 5.74) is 0.961. The Kier molecular flexibility index (Phi) is 5.98. The van der Waals surface area contributed by atoms with E-state index in [1.54, 1.807) is 0 Å². The highest BCUT2D eigenvalue weighted by atomic mass is 79.9. The van der Waals surface area contributed by atoms with Gasteiger partial charge in [-0.2, -0.15) is 0 Å². The van der Waals surface area contributed by atoms with Crippen molar-refractivity contribution >= 4 is 27.8 Å². The van der Waals surface area contributed by atoms with Gasteiger partial charge in [0.2, 0.25) is 5.91 Å². The summed E-state index contributed by atoms with van der Waals surface area (Å²) in [5, 5.41) is 11.4. The van der Waals surface area contributed by atoms with Gasteiger partial charge in [-0.05, 0) is 31.5 Å². The van der Waals surface area contributed by atoms with Gasteiger partial charge in [0.25, 0.3) is 0 Å². The monoisotopic (exact) mass is 329 g/mol. The maximum atomic E-state index is 11.6. The van der Waals surface area contributed by atoms with E-state index in [1.807, 2.05) is 31.2 Å². The Morgan fingerprint density at radius 1 is 1.32 bits per heavy atom. The zero-order valence-electron chi connectivity index (χ0n) is 10.7. The summed E-state index contributed by atoms with van der Waals surface area (Å²) in [6.45, 7) is 2.96. The molecule has 1 rings (SSSR count). The van der Waals surface area contributed by atoms with Crippen LogP contribution in [0.2, 0.25) is 0 Å². The van der Waals surface area contributed by atoms with Crippen molar-refractivity contribution in [3.63, 3.8) is 0 Å². The van der Waals surface area contributed by atoms with Crippen LogP contribution in [0.1, 0.15) is 25.5 Å². The predicted octanol–water partition coefficient (Wildman–Crippen LogP) is 2.12. The van der Waals surface area contributed by atoms with Crippen LogP contribution in [0.3, 0.4) is 0 Å². The van der Waals surface area contributed by atoms with E-state index < -0.39 is 12.1 Å². The van der Waals surface area contributed by atoms with Crippen LogP contribution < -0.4 is 5.32 Å². The summed E-state index contributed by atoms with van der Waals surface area (Å²) in [6.07, 6.45) is -0.992. The first kappa shape index (κ1) is 15.7. The van der Waals surface area contributed by atoms with Gasteiger partial charge in [-0.1, -0.05) is 28.1 Å². The summed E-state index contributed by atoms with van der Waals surface area (Å²) < 4.78 is 5.87. The largest absolute Gasteiger partial charge is 0.479 e. The van der Waals surface area contributed by atoms with Crippen molar-refractivity contribution in [2.45, 2.75) is 26.0 Å². The van der Waals surface area contributed by atoms with Crippen LogP contribution in [-0.4, -0.2) is 29.7 Å². The summed E-state index contributed by atoms with van der Waals surface area (Å²) in [6, 6.07) is 7.41. The van der Waals surface area contributed by atoms with E-state index in [-0.39, 0.29) is 18.6 Å². The normalized spacial score (nSPS) is 13.6. The molecule has 0 saturated heterocycles. The van der Waals surface area contributed by atoms with Crippen molar-refractivity contribution in [1.29, 1.82) is 0 Å². The molecule has 1 aromatic carbocycles. The van der Waals surface area contributed by atoms with E-state index in [0.29, 0.717) is 0 Å². The summed E-state index contributed by atoms with van der Waals surface area (Å²) in [7, 11) is 0. The molecule has 0 aromatic heterocycles. The molecule has 0 aliphatic carbocycles. The molecule has 5 nitrogen and oxygen atoms in total. The van der Waals surface area contributed by atoms with Crippen LogP contribution in [-0.2, 0) is 14.3 Å². The lowest BCUT2D eigenvalue weighted by Crippen LogP contribution is -2.33. The molecule has 19 heavy (non-hydrogen) atoms. The first-order valence-electron chi connectivity index (χ1n) is 5.79. The second-order valence-corrected chi connectivity index (χ2v) is 5.05. The first-order valence-corrected chi connectivity index (χ1v) is 6.58. The van der Waals surface area contributed by atoms with E-state index in [9.17, 15) is 9.59 Å². The Morgan fingerprint density at radius 3 is 2.42 bits per heavy atom. The quantitative estimate of drug-likeness (QED) is 0.838. The second kappa shape index (κ2) is 7.25. The Labute approximate surface area is 120 Å². The third kappa shape index (κ3) is 5.40. The van der Waals surface area contributed by atoms with Crippen molar-refractivity contribution < 1.29 is 19.4 Å². The van der Waals surface area contributed by atoms with Crippen molar-refractivity contribution in [3.05, 3.63) is 34.3 Å². The number of ether oxygens (including phenoxy) is 1. The van der Waals surface area contributed by atoms with Gasteiger partial charge in [-0.3, -0.25) is 4.79 Å². The van der Waals surface area contributed by atoms with E-state index >= 15 is 0 Å². The second-order valence-electron chi connectivity index (χ2n) is 4.13. The Hall–Kier alpha value is -1.40. The molecule has 0 saturated carbocycles. The summed E-state index contributed by atoms with van der Waals surface area (Å²) in [4.78, 5) is 22.1. The molecule has 104 valence electrons. The number of hydrogen-bond acceptors (Lipinski definition) is 3. The SMILES string of the molecule is CC(NC(=O)CO[C@H](C)C(=O)O)c1ccc(Br)cc1. The lowest BCUT2D eigenvalue weighted by Gasteiger charge is -2.15. The van der Waals surface area contributed by atoms with Gasteiger partial charge in [0.1, 0.15) is 6.61 Å². The van der Waals surface area contributed by atoms with Crippen LogP contribution in [0.25, 0.3) is 0 Å². The van der Waals surface area contributed by atoms with Gasteiger partial charge in [-0.15, -0.1) is 0 Å². The van der Waals surface area contributed by atoms with Gasteiger partial charge in [0.05, 0.1) is 6.04 Å². The number of hydrogen-bond donors (Lipinski definition) is 2. The van der Waals surface area contributed by atoms with Crippen LogP contribution >= 0.6 is 15.9 Å². The van der Waals surface area contributed by atoms with Crippen LogP contribution in [0.5, 0.6) is 0 Å². The number of carboxylic acids is 1. The smallest absolute Gasteiger partial charge is 0.332 e. The average molecular weight is 330 g/mol. The fourth-order valence-electron chi connectivity index (χ4n) is 1.39. The molecule has 0 radical (unpaired) electrons. The third-order valence-corrected chi connectivity index (χ3v) is 3.09. The lowest BCUT2D eigenvalue weighted by atomic mass is 10.1. The number of nitrogens with one attached hydrogen (secondary N) is 1. The van der Waals surface area contributed by atoms with E-state index in [0.717, 1.165) is 10.0 Å². The van der Waals surface area contributed by atoms with Gasteiger partial charge < -0.3 is 15.2 Å². The molecule has 2 atom stereocenters. The van der Waals surface area contributed by atoms with Gasteiger partial charge in [-0.25, -0.2) is 4.79 Å². The highest BCUT2D eigenvalue weighted by molar-refractivity contribution is 9.10. The van der Waals surface area contributed by atoms with Crippen molar-refractivity contribution in [3.8, 4) is 0 Å². The molecular weight excluding hydrogens is 314 g/mol. The maximum Gasteiger partial charge on any atom is 0.332 e. The van der Waals surface area contributed by atoms with Gasteiger partial charge in [0, 0.05) is 4.47 Å². The molecular formula is C13H16BrNO4. The number of carbonyl (C=O) groups excluding carboxylic acids is 1. The number of carbonyl (C=O) groups is 2. The Bertz CT molecular complexity index is 446. The van der Waals surface area contributed by atoms with E-state index in [2.05, 4.69) is 21.2 Å². The number of aliphatic carboxylic acids is 1. The molecule has 0 fully saturated rings. The molecule has 1 amide bonds. The Balaban J connectivity index is 2.44. The van der Waals surface area contributed by atoms with E-state index in [1.165, 1.54) is 6.92 Å². The number of carboxylic acid groups (broad SMARTS) is 1. The zero-order chi connectivity index (χ0) is 14.4. The standard InChI is InChI=1S/C13H16BrNO4/c1-8(10-3-5-11(14)6-4-10)15-12(16)7-19-9(2)13(17)18/h3-6,8-9H,7H2,1-2H3,(H,15,16)(H,17,18)/t8?,9-/m1/s1. The number of amides is 1. The zero-order valence-corrected chi connectivity index (χ0v) is 12.3. The lowest BCUT2D eigenvalue weighted by molar-refractivity contribution is -0.150. The van der Waals surface area contributed by atoms with Crippen molar-refractivity contribution in [2.75, 3.05) is 6.61 Å². The molecule has 0 aliphatic rings. The third-order valence-electron chi connectivity index (χ3n) is 2.56. The predicted molar refractivity (Wildman–Crippen MR) is 73.7 cm³/mol. The molecule has 1 aromatic rings. The minimum absolute atomic E-state index is 0.163. The van der Waals surface area contributed by atoms with Gasteiger partial charge in [0.15, 0.2) is 6.10 Å². The fraction of sp³-hybridized carbons (Fsp3) is 0.385. The molecule has 0 spiro atoms. The molecule has 0 heterocycles. The molecule has 0 bridgehead atoms. The first-order chi connectivity index (χ1) is 8.90. The summed E-state index contributed by atoms with van der Waals surface area (Å²) >= 11 is 3.34. The summed E-state index contributed by atoms with van der Waals surface area (Å²) in [5.74, 6) is -1.43. The fourth-order valence-corrected chi connectivity index (χ4v) is 1.65. The van der Waals surface area contributed by atoms with E-state index in [4.69, 9.17) is 9.84 Å². The highest BCUT2D eigenvalue weighted by Crippen LogP contribution is 2.16. The molecule has 0 aliphatic heterocycles. The maximum absolute atomic E-state index is 11.6. The van der Waals surface area contributed by atoms with Crippen LogP contribution in [0.15, 0.2) is 28.7 Å². The average Bonchev–Trinajstić information content (AvgIpc) is 2.36. The van der Waals surface area contributed by atoms with Gasteiger partial charge >= 0.3 is 5.97 Å². The minimum atomic E-state index is -1.09. The number of halogens is 1. The Morgan fingerprint density at radius 2 is 1.89 bits per heavy atom. The van der Waals surface area contributed by atoms with Crippen LogP contribution in [0, 0.1) is 0 Å². The van der Waals surface area contributed by atoms with Crippen molar-refractivity contribution in [2.24, 2.45) is 0 Å². The molecule has 2 N–H and O–H groups in total. The van der Waals surface area contributed by atoms with Crippen LogP contribution in [0.4, 0.5) is 0 Å². The van der Waals surface area contributed by atoms with Crippen molar-refractivity contribution in [1.82, 2.24) is 5.32 Å². The number of benzene rings is 1. The number of rotatable bonds is 6.